The van der Waals surface area contributed by atoms with Gasteiger partial charge in [0, 0.05) is 29.8 Å². The number of hydrogen-bond donors (Lipinski definition) is 2. The number of aromatic nitrogens is 1. The van der Waals surface area contributed by atoms with E-state index >= 15 is 0 Å². The third kappa shape index (κ3) is 3.98. The highest BCUT2D eigenvalue weighted by Gasteiger charge is 2.17. The van der Waals surface area contributed by atoms with E-state index in [0.717, 1.165) is 28.2 Å². The number of para-hydroxylation sites is 1. The van der Waals surface area contributed by atoms with Crippen molar-refractivity contribution in [3.05, 3.63) is 82.7 Å². The lowest BCUT2D eigenvalue weighted by atomic mass is 10.1. The Hall–Kier alpha value is -3.34. The van der Waals surface area contributed by atoms with Crippen LogP contribution in [0.5, 0.6) is 0 Å². The first kappa shape index (κ1) is 19.4. The van der Waals surface area contributed by atoms with Crippen LogP contribution in [0.25, 0.3) is 5.69 Å². The molecule has 2 N–H and O–H groups in total. The number of anilines is 1. The van der Waals surface area contributed by atoms with Crippen molar-refractivity contribution in [2.45, 2.75) is 27.2 Å². The largest absolute Gasteiger partial charge is 0.359 e. The fourth-order valence-corrected chi connectivity index (χ4v) is 3.36. The highest BCUT2D eigenvalue weighted by molar-refractivity contribution is 6.05. The highest BCUT2D eigenvalue weighted by atomic mass is 16.2. The van der Waals surface area contributed by atoms with Gasteiger partial charge in [-0.2, -0.15) is 0 Å². The number of aryl methyl sites for hydroxylation is 2. The van der Waals surface area contributed by atoms with E-state index in [1.165, 1.54) is 0 Å². The molecule has 3 rings (SSSR count). The van der Waals surface area contributed by atoms with Crippen LogP contribution in [-0.2, 0) is 11.2 Å². The molecule has 28 heavy (non-hydrogen) atoms. The molecular weight excluding hydrogens is 350 g/mol. The lowest BCUT2D eigenvalue weighted by Gasteiger charge is -2.13. The predicted octanol–water partition coefficient (Wildman–Crippen LogP) is 3.94. The van der Waals surface area contributed by atoms with E-state index in [2.05, 4.69) is 34.3 Å². The average molecular weight is 375 g/mol. The summed E-state index contributed by atoms with van der Waals surface area (Å²) in [5.74, 6) is -0.188. The summed E-state index contributed by atoms with van der Waals surface area (Å²) < 4.78 is 2.11. The molecule has 1 heterocycles. The van der Waals surface area contributed by atoms with Gasteiger partial charge >= 0.3 is 0 Å². The van der Waals surface area contributed by atoms with Gasteiger partial charge in [-0.1, -0.05) is 30.3 Å². The molecule has 144 valence electrons. The number of nitrogens with one attached hydrogen (secondary N) is 2. The summed E-state index contributed by atoms with van der Waals surface area (Å²) in [6.45, 7) is 6.03. The molecule has 2 amide bonds. The van der Waals surface area contributed by atoms with Crippen molar-refractivity contribution in [3.8, 4) is 5.69 Å². The number of nitrogens with zero attached hydrogens (tertiary/aromatic N) is 1. The number of carbonyl (C=O) groups is 2. The zero-order chi connectivity index (χ0) is 20.3. The maximum absolute atomic E-state index is 12.8. The molecule has 1 aromatic heterocycles. The van der Waals surface area contributed by atoms with Crippen LogP contribution in [0.1, 0.15) is 32.9 Å². The van der Waals surface area contributed by atoms with Crippen molar-refractivity contribution in [2.24, 2.45) is 0 Å². The summed E-state index contributed by atoms with van der Waals surface area (Å²) >= 11 is 0. The van der Waals surface area contributed by atoms with Gasteiger partial charge in [0.1, 0.15) is 0 Å². The fourth-order valence-electron chi connectivity index (χ4n) is 3.36. The maximum Gasteiger partial charge on any atom is 0.257 e. The van der Waals surface area contributed by atoms with Gasteiger partial charge in [-0.05, 0) is 56.2 Å². The second-order valence-corrected chi connectivity index (χ2v) is 6.91. The third-order valence-electron chi connectivity index (χ3n) is 4.89. The van der Waals surface area contributed by atoms with Crippen LogP contribution < -0.4 is 10.6 Å². The second kappa shape index (κ2) is 8.13. The molecule has 0 bridgehead atoms. The molecule has 0 atom stereocenters. The summed E-state index contributed by atoms with van der Waals surface area (Å²) in [5, 5.41) is 5.55. The summed E-state index contributed by atoms with van der Waals surface area (Å²) in [6.07, 6.45) is 0.322. The summed E-state index contributed by atoms with van der Waals surface area (Å²) in [4.78, 5) is 24.3. The number of carbonyl (C=O) groups excluding carboxylic acids is 2. The fraction of sp³-hybridized carbons (Fsp3) is 0.217. The Kier molecular flexibility index (Phi) is 5.64. The van der Waals surface area contributed by atoms with Crippen LogP contribution in [0.2, 0.25) is 0 Å². The quantitative estimate of drug-likeness (QED) is 0.709. The lowest BCUT2D eigenvalue weighted by molar-refractivity contribution is -0.119. The molecule has 0 aliphatic heterocycles. The summed E-state index contributed by atoms with van der Waals surface area (Å²) in [7, 11) is 1.62. The Bertz CT molecular complexity index is 1020. The Balaban J connectivity index is 1.81. The number of likely N-dealkylation sites (N-methyl/N-ethyl adjacent to an activating group) is 1. The first-order valence-electron chi connectivity index (χ1n) is 9.26. The molecule has 0 unspecified atom stereocenters. The van der Waals surface area contributed by atoms with Crippen LogP contribution in [0.3, 0.4) is 0 Å². The predicted molar refractivity (Wildman–Crippen MR) is 112 cm³/mol. The monoisotopic (exact) mass is 375 g/mol. The number of amides is 2. The SMILES string of the molecule is CNC(=O)Cc1ccc(NC(=O)c2cc(C)n(-c3ccccc3C)c2C)cc1. The zero-order valence-corrected chi connectivity index (χ0v) is 16.7. The van der Waals surface area contributed by atoms with Gasteiger partial charge in [0.25, 0.3) is 5.91 Å². The molecule has 0 fully saturated rings. The number of benzene rings is 2. The first-order chi connectivity index (χ1) is 13.4. The normalized spacial score (nSPS) is 10.6. The molecule has 0 radical (unpaired) electrons. The Morgan fingerprint density at radius 2 is 1.64 bits per heavy atom. The van der Waals surface area contributed by atoms with Crippen molar-refractivity contribution in [1.29, 1.82) is 0 Å². The maximum atomic E-state index is 12.8. The number of hydrogen-bond acceptors (Lipinski definition) is 2. The molecule has 3 aromatic rings. The van der Waals surface area contributed by atoms with E-state index in [1.807, 2.05) is 56.3 Å². The van der Waals surface area contributed by atoms with Crippen LogP contribution in [0, 0.1) is 20.8 Å². The summed E-state index contributed by atoms with van der Waals surface area (Å²) in [5.41, 5.74) is 6.40. The van der Waals surface area contributed by atoms with E-state index < -0.39 is 0 Å². The van der Waals surface area contributed by atoms with E-state index in [9.17, 15) is 9.59 Å². The van der Waals surface area contributed by atoms with Gasteiger partial charge in [-0.3, -0.25) is 9.59 Å². The average Bonchev–Trinajstić information content (AvgIpc) is 2.98. The van der Waals surface area contributed by atoms with E-state index in [-0.39, 0.29) is 11.8 Å². The smallest absolute Gasteiger partial charge is 0.257 e. The van der Waals surface area contributed by atoms with Crippen molar-refractivity contribution in [3.63, 3.8) is 0 Å². The summed E-state index contributed by atoms with van der Waals surface area (Å²) in [6, 6.07) is 17.4. The zero-order valence-electron chi connectivity index (χ0n) is 16.7. The minimum atomic E-state index is -0.146. The van der Waals surface area contributed by atoms with Gasteiger partial charge in [0.15, 0.2) is 0 Å². The Morgan fingerprint density at radius 3 is 2.29 bits per heavy atom. The van der Waals surface area contributed by atoms with Crippen molar-refractivity contribution < 1.29 is 9.59 Å². The van der Waals surface area contributed by atoms with E-state index in [0.29, 0.717) is 17.7 Å². The minimum Gasteiger partial charge on any atom is -0.359 e. The van der Waals surface area contributed by atoms with Crippen molar-refractivity contribution >= 4 is 17.5 Å². The van der Waals surface area contributed by atoms with Gasteiger partial charge in [-0.25, -0.2) is 0 Å². The molecule has 0 spiro atoms. The molecule has 0 saturated heterocycles. The minimum absolute atomic E-state index is 0.0413. The van der Waals surface area contributed by atoms with Crippen molar-refractivity contribution in [1.82, 2.24) is 9.88 Å². The topological polar surface area (TPSA) is 63.1 Å². The van der Waals surface area contributed by atoms with Crippen LogP contribution in [0.15, 0.2) is 54.6 Å². The molecular formula is C23H25N3O2. The second-order valence-electron chi connectivity index (χ2n) is 6.91. The van der Waals surface area contributed by atoms with Crippen LogP contribution >= 0.6 is 0 Å². The molecule has 2 aromatic carbocycles. The first-order valence-corrected chi connectivity index (χ1v) is 9.26. The van der Waals surface area contributed by atoms with Crippen molar-refractivity contribution in [2.75, 3.05) is 12.4 Å². The van der Waals surface area contributed by atoms with Gasteiger partial charge in [0.2, 0.25) is 5.91 Å². The molecule has 5 heteroatoms. The van der Waals surface area contributed by atoms with Gasteiger partial charge < -0.3 is 15.2 Å². The van der Waals surface area contributed by atoms with Gasteiger partial charge in [0.05, 0.1) is 12.0 Å². The van der Waals surface area contributed by atoms with E-state index in [1.54, 1.807) is 7.05 Å². The number of rotatable bonds is 5. The Labute approximate surface area is 165 Å². The third-order valence-corrected chi connectivity index (χ3v) is 4.89. The molecule has 0 aliphatic carbocycles. The highest BCUT2D eigenvalue weighted by Crippen LogP contribution is 2.24. The molecule has 0 saturated carbocycles. The van der Waals surface area contributed by atoms with Crippen LogP contribution in [0.4, 0.5) is 5.69 Å². The standard InChI is InChI=1S/C23H25N3O2/c1-15-7-5-6-8-21(15)26-16(2)13-20(17(26)3)23(28)25-19-11-9-18(10-12-19)14-22(27)24-4/h5-13H,14H2,1-4H3,(H,24,27)(H,25,28). The Morgan fingerprint density at radius 1 is 0.964 bits per heavy atom. The lowest BCUT2D eigenvalue weighted by Crippen LogP contribution is -2.19. The van der Waals surface area contributed by atoms with Crippen LogP contribution in [-0.4, -0.2) is 23.4 Å². The van der Waals surface area contributed by atoms with Gasteiger partial charge in [-0.15, -0.1) is 0 Å². The van der Waals surface area contributed by atoms with E-state index in [4.69, 9.17) is 0 Å². The molecule has 0 aliphatic rings. The molecule has 5 nitrogen and oxygen atoms in total.